The first-order valence-corrected chi connectivity index (χ1v) is 6.19. The maximum Gasteiger partial charge on any atom is 0.273 e. The van der Waals surface area contributed by atoms with Gasteiger partial charge in [-0.15, -0.1) is 0 Å². The van der Waals surface area contributed by atoms with Crippen LogP contribution in [0.4, 0.5) is 0 Å². The van der Waals surface area contributed by atoms with Crippen molar-refractivity contribution in [1.29, 1.82) is 0 Å². The summed E-state index contributed by atoms with van der Waals surface area (Å²) in [5, 5.41) is 10.4. The van der Waals surface area contributed by atoms with Gasteiger partial charge < -0.3 is 28.8 Å². The number of hydrogen-bond acceptors (Lipinski definition) is 6. The van der Waals surface area contributed by atoms with Crippen LogP contribution in [0.5, 0.6) is 0 Å². The van der Waals surface area contributed by atoms with Crippen LogP contribution in [0.15, 0.2) is 0 Å². The van der Waals surface area contributed by atoms with Crippen molar-refractivity contribution < 1.29 is 28.8 Å². The zero-order valence-electron chi connectivity index (χ0n) is 9.20. The molecule has 17 heavy (non-hydrogen) atoms. The third-order valence-corrected chi connectivity index (χ3v) is 4.96. The van der Waals surface area contributed by atoms with Gasteiger partial charge in [-0.1, -0.05) is 0 Å². The lowest BCUT2D eigenvalue weighted by molar-refractivity contribution is -0.546. The smallest absolute Gasteiger partial charge is 0.273 e. The van der Waals surface area contributed by atoms with Gasteiger partial charge in [-0.3, -0.25) is 0 Å². The minimum atomic E-state index is -0.688. The summed E-state index contributed by atoms with van der Waals surface area (Å²) in [7, 11) is 0. The zero-order valence-corrected chi connectivity index (χ0v) is 9.20. The summed E-state index contributed by atoms with van der Waals surface area (Å²) in [6, 6.07) is 0. The van der Waals surface area contributed by atoms with E-state index < -0.39 is 23.8 Å². The molecule has 1 aliphatic carbocycles. The molecular formula is C11H14O6. The molecule has 5 saturated heterocycles. The Morgan fingerprint density at radius 2 is 1.41 bits per heavy atom. The molecule has 3 unspecified atom stereocenters. The third-order valence-electron chi connectivity index (χ3n) is 4.96. The fourth-order valence-corrected chi connectivity index (χ4v) is 4.06. The maximum absolute atomic E-state index is 10.4. The van der Waals surface area contributed by atoms with E-state index in [1.807, 2.05) is 0 Å². The van der Waals surface area contributed by atoms with Crippen LogP contribution >= 0.6 is 0 Å². The van der Waals surface area contributed by atoms with Gasteiger partial charge in [-0.25, -0.2) is 0 Å². The van der Waals surface area contributed by atoms with Crippen LogP contribution in [-0.4, -0.2) is 60.4 Å². The molecule has 1 saturated carbocycles. The molecule has 0 aromatic carbocycles. The van der Waals surface area contributed by atoms with Crippen molar-refractivity contribution in [3.05, 3.63) is 0 Å². The van der Waals surface area contributed by atoms with Crippen LogP contribution < -0.4 is 0 Å². The van der Waals surface area contributed by atoms with Crippen molar-refractivity contribution in [3.8, 4) is 0 Å². The van der Waals surface area contributed by atoms with Crippen molar-refractivity contribution in [2.45, 2.75) is 54.9 Å². The highest BCUT2D eigenvalue weighted by atomic mass is 16.9. The lowest BCUT2D eigenvalue weighted by Crippen LogP contribution is -2.89. The second-order valence-electron chi connectivity index (χ2n) is 5.52. The SMILES string of the molecule is OC1[C@H]2OC3OC([C@@]24CCO4)[C@]2(CCO2)[C@@H]1O3. The van der Waals surface area contributed by atoms with E-state index in [-0.39, 0.29) is 18.3 Å². The van der Waals surface area contributed by atoms with Gasteiger partial charge in [-0.2, -0.15) is 0 Å². The topological polar surface area (TPSA) is 66.4 Å². The fourth-order valence-electron chi connectivity index (χ4n) is 4.06. The second kappa shape index (κ2) is 2.68. The number of aliphatic hydroxyl groups excluding tert-OH is 1. The van der Waals surface area contributed by atoms with Gasteiger partial charge in [0.05, 0.1) is 13.2 Å². The summed E-state index contributed by atoms with van der Waals surface area (Å²) in [4.78, 5) is 0. The Kier molecular flexibility index (Phi) is 1.53. The van der Waals surface area contributed by atoms with Crippen LogP contribution in [0, 0.1) is 0 Å². The van der Waals surface area contributed by atoms with Gasteiger partial charge in [0.2, 0.25) is 0 Å². The molecule has 94 valence electrons. The number of hydrogen-bond donors (Lipinski definition) is 1. The van der Waals surface area contributed by atoms with Crippen molar-refractivity contribution in [2.24, 2.45) is 0 Å². The zero-order chi connectivity index (χ0) is 11.3. The van der Waals surface area contributed by atoms with Gasteiger partial charge in [0, 0.05) is 12.8 Å². The highest BCUT2D eigenvalue weighted by Crippen LogP contribution is 2.59. The van der Waals surface area contributed by atoms with Gasteiger partial charge in [0.25, 0.3) is 6.48 Å². The summed E-state index contributed by atoms with van der Waals surface area (Å²) in [6.45, 7) is 0.722. The quantitative estimate of drug-likeness (QED) is 0.596. The molecule has 0 aromatic rings. The normalized spacial score (nSPS) is 67.2. The number of aliphatic hydroxyl groups is 1. The van der Waals surface area contributed by atoms with E-state index in [1.54, 1.807) is 0 Å². The van der Waals surface area contributed by atoms with Gasteiger partial charge in [-0.05, 0) is 0 Å². The molecule has 5 aliphatic heterocycles. The van der Waals surface area contributed by atoms with Crippen LogP contribution in [0.2, 0.25) is 0 Å². The largest absolute Gasteiger partial charge is 0.387 e. The maximum atomic E-state index is 10.4. The van der Waals surface area contributed by atoms with Crippen LogP contribution in [0.25, 0.3) is 0 Å². The Morgan fingerprint density at radius 1 is 0.882 bits per heavy atom. The lowest BCUT2D eigenvalue weighted by atomic mass is 9.60. The Labute approximate surface area is 97.7 Å². The molecule has 6 heteroatoms. The molecule has 1 N–H and O–H groups in total. The highest BCUT2D eigenvalue weighted by Gasteiger charge is 2.78. The molecule has 6 fully saturated rings. The van der Waals surface area contributed by atoms with E-state index in [0.29, 0.717) is 13.2 Å². The molecule has 6 nitrogen and oxygen atoms in total. The van der Waals surface area contributed by atoms with Gasteiger partial charge >= 0.3 is 0 Å². The number of ether oxygens (including phenoxy) is 5. The molecule has 2 spiro atoms. The van der Waals surface area contributed by atoms with Crippen molar-refractivity contribution in [1.82, 2.24) is 0 Å². The lowest BCUT2D eigenvalue weighted by Gasteiger charge is -2.71. The second-order valence-corrected chi connectivity index (χ2v) is 5.52. The predicted molar refractivity (Wildman–Crippen MR) is 51.0 cm³/mol. The number of rotatable bonds is 0. The Hall–Kier alpha value is -0.240. The molecule has 6 rings (SSSR count). The molecule has 6 aliphatic rings. The summed E-state index contributed by atoms with van der Waals surface area (Å²) < 4.78 is 28.4. The average molecular weight is 242 g/mol. The predicted octanol–water partition coefficient (Wildman–Crippen LogP) is -0.854. The third kappa shape index (κ3) is 0.836. The van der Waals surface area contributed by atoms with Gasteiger partial charge in [0.1, 0.15) is 35.6 Å². The van der Waals surface area contributed by atoms with Crippen molar-refractivity contribution in [3.63, 3.8) is 0 Å². The van der Waals surface area contributed by atoms with E-state index in [0.717, 1.165) is 12.8 Å². The first kappa shape index (κ1) is 9.66. The summed E-state index contributed by atoms with van der Waals surface area (Å²) in [6.07, 6.45) is 0.172. The Bertz CT molecular complexity index is 344. The van der Waals surface area contributed by atoms with Crippen molar-refractivity contribution in [2.75, 3.05) is 13.2 Å². The first-order chi connectivity index (χ1) is 8.26. The Balaban J connectivity index is 1.66. The standard InChI is InChI=1S/C11H14O6/c12-5-6-10(1-3-13-10)8-11(2-4-14-11)7(5)16-9(15-6)17-8/h5-9,12H,1-4H2/t5?,6-,7-,8?,9?,10-,11+/m1/s1. The first-order valence-electron chi connectivity index (χ1n) is 6.19. The molecule has 4 bridgehead atoms. The van der Waals surface area contributed by atoms with E-state index in [9.17, 15) is 5.11 Å². The summed E-state index contributed by atoms with van der Waals surface area (Å²) in [5.41, 5.74) is -1.03. The van der Waals surface area contributed by atoms with Crippen molar-refractivity contribution >= 4 is 0 Å². The molecule has 7 atom stereocenters. The molecule has 0 aromatic heterocycles. The molecular weight excluding hydrogens is 228 g/mol. The summed E-state index contributed by atoms with van der Waals surface area (Å²) >= 11 is 0. The average Bonchev–Trinajstić information content (AvgIpc) is 2.20. The van der Waals surface area contributed by atoms with E-state index in [1.165, 1.54) is 0 Å². The van der Waals surface area contributed by atoms with Gasteiger partial charge in [0.15, 0.2) is 0 Å². The summed E-state index contributed by atoms with van der Waals surface area (Å²) in [5.74, 6) is 0. The Morgan fingerprint density at radius 3 is 1.82 bits per heavy atom. The van der Waals surface area contributed by atoms with E-state index in [2.05, 4.69) is 0 Å². The highest BCUT2D eigenvalue weighted by molar-refractivity contribution is 5.24. The molecule has 5 heterocycles. The van der Waals surface area contributed by atoms with Crippen LogP contribution in [0.1, 0.15) is 12.8 Å². The van der Waals surface area contributed by atoms with Crippen LogP contribution in [-0.2, 0) is 23.7 Å². The monoisotopic (exact) mass is 242 g/mol. The fraction of sp³-hybridized carbons (Fsp3) is 1.00. The molecule has 0 amide bonds. The minimum absolute atomic E-state index is 0.164. The van der Waals surface area contributed by atoms with Crippen LogP contribution in [0.3, 0.4) is 0 Å². The minimum Gasteiger partial charge on any atom is -0.387 e. The van der Waals surface area contributed by atoms with E-state index in [4.69, 9.17) is 23.7 Å². The van der Waals surface area contributed by atoms with E-state index >= 15 is 0 Å². The molecule has 0 radical (unpaired) electrons.